The maximum absolute atomic E-state index is 5.88. The Hall–Kier alpha value is -0.980. The fourth-order valence-corrected chi connectivity index (χ4v) is 1.52. The van der Waals surface area contributed by atoms with E-state index in [1.807, 2.05) is 0 Å². The van der Waals surface area contributed by atoms with Gasteiger partial charge in [0.05, 0.1) is 0 Å². The summed E-state index contributed by atoms with van der Waals surface area (Å²) >= 11 is 0. The van der Waals surface area contributed by atoms with E-state index in [0.717, 1.165) is 18.5 Å². The maximum atomic E-state index is 5.88. The van der Waals surface area contributed by atoms with Gasteiger partial charge in [0.25, 0.3) is 0 Å². The summed E-state index contributed by atoms with van der Waals surface area (Å²) in [5.41, 5.74) is 10.8. The first kappa shape index (κ1) is 9.11. The number of anilines is 1. The van der Waals surface area contributed by atoms with Crippen LogP contribution in [0.4, 0.5) is 5.69 Å². The molecule has 0 atom stereocenters. The lowest BCUT2D eigenvalue weighted by Gasteiger charge is -2.08. The average molecular weight is 163 g/mol. The van der Waals surface area contributed by atoms with E-state index < -0.39 is 0 Å². The van der Waals surface area contributed by atoms with Crippen molar-refractivity contribution < 1.29 is 0 Å². The van der Waals surface area contributed by atoms with Crippen LogP contribution in [0, 0.1) is 6.92 Å². The zero-order chi connectivity index (χ0) is 9.14. The number of hydrogen-bond donors (Lipinski definition) is 1. The third kappa shape index (κ3) is 1.60. The van der Waals surface area contributed by atoms with E-state index in [9.17, 15) is 0 Å². The third-order valence-corrected chi connectivity index (χ3v) is 2.36. The van der Waals surface area contributed by atoms with Crippen LogP contribution >= 0.6 is 0 Å². The van der Waals surface area contributed by atoms with Gasteiger partial charge in [-0.25, -0.2) is 0 Å². The molecule has 0 spiro atoms. The lowest BCUT2D eigenvalue weighted by Crippen LogP contribution is -1.97. The SMILES string of the molecule is CCc1cc(N)c(CC)cc1C. The van der Waals surface area contributed by atoms with Crippen molar-refractivity contribution in [2.45, 2.75) is 33.6 Å². The third-order valence-electron chi connectivity index (χ3n) is 2.36. The summed E-state index contributed by atoms with van der Waals surface area (Å²) in [5, 5.41) is 0. The molecule has 2 N–H and O–H groups in total. The molecule has 0 aliphatic carbocycles. The quantitative estimate of drug-likeness (QED) is 0.666. The maximum Gasteiger partial charge on any atom is 0.0349 e. The minimum atomic E-state index is 0.944. The van der Waals surface area contributed by atoms with Gasteiger partial charge >= 0.3 is 0 Å². The molecule has 0 amide bonds. The van der Waals surface area contributed by atoms with Crippen LogP contribution in [0.25, 0.3) is 0 Å². The fraction of sp³-hybridized carbons (Fsp3) is 0.455. The highest BCUT2D eigenvalue weighted by atomic mass is 14.6. The summed E-state index contributed by atoms with van der Waals surface area (Å²) in [6.45, 7) is 6.45. The van der Waals surface area contributed by atoms with Crippen LogP contribution in [0.3, 0.4) is 0 Å². The molecule has 0 aliphatic heterocycles. The van der Waals surface area contributed by atoms with Crippen molar-refractivity contribution in [3.8, 4) is 0 Å². The van der Waals surface area contributed by atoms with Crippen molar-refractivity contribution in [1.82, 2.24) is 0 Å². The molecular weight excluding hydrogens is 146 g/mol. The van der Waals surface area contributed by atoms with Crippen LogP contribution in [-0.2, 0) is 12.8 Å². The van der Waals surface area contributed by atoms with Crippen molar-refractivity contribution in [1.29, 1.82) is 0 Å². The minimum Gasteiger partial charge on any atom is -0.398 e. The minimum absolute atomic E-state index is 0.944. The van der Waals surface area contributed by atoms with Crippen LogP contribution in [0.1, 0.15) is 30.5 Å². The molecule has 1 aromatic carbocycles. The number of rotatable bonds is 2. The van der Waals surface area contributed by atoms with Gasteiger partial charge < -0.3 is 5.73 Å². The van der Waals surface area contributed by atoms with Crippen LogP contribution in [0.5, 0.6) is 0 Å². The van der Waals surface area contributed by atoms with E-state index in [2.05, 4.69) is 32.9 Å². The van der Waals surface area contributed by atoms with Crippen molar-refractivity contribution in [2.24, 2.45) is 0 Å². The zero-order valence-corrected chi connectivity index (χ0v) is 8.15. The van der Waals surface area contributed by atoms with Crippen molar-refractivity contribution >= 4 is 5.69 Å². The van der Waals surface area contributed by atoms with E-state index in [1.165, 1.54) is 16.7 Å². The molecule has 0 aromatic heterocycles. The number of hydrogen-bond acceptors (Lipinski definition) is 1. The average Bonchev–Trinajstić information content (AvgIpc) is 2.08. The highest BCUT2D eigenvalue weighted by Gasteiger charge is 2.01. The van der Waals surface area contributed by atoms with Gasteiger partial charge in [0, 0.05) is 5.69 Å². The monoisotopic (exact) mass is 163 g/mol. The first-order valence-corrected chi connectivity index (χ1v) is 4.56. The predicted octanol–water partition coefficient (Wildman–Crippen LogP) is 2.70. The summed E-state index contributed by atoms with van der Waals surface area (Å²) in [4.78, 5) is 0. The number of aryl methyl sites for hydroxylation is 3. The van der Waals surface area contributed by atoms with Gasteiger partial charge in [-0.1, -0.05) is 19.9 Å². The molecule has 66 valence electrons. The lowest BCUT2D eigenvalue weighted by molar-refractivity contribution is 1.08. The molecule has 1 nitrogen and oxygen atoms in total. The van der Waals surface area contributed by atoms with Gasteiger partial charge in [-0.2, -0.15) is 0 Å². The van der Waals surface area contributed by atoms with Gasteiger partial charge in [-0.05, 0) is 42.5 Å². The molecule has 1 rings (SSSR count). The second kappa shape index (κ2) is 3.61. The number of benzene rings is 1. The van der Waals surface area contributed by atoms with Crippen LogP contribution in [0.2, 0.25) is 0 Å². The molecule has 0 radical (unpaired) electrons. The first-order valence-electron chi connectivity index (χ1n) is 4.56. The molecule has 0 saturated heterocycles. The first-order chi connectivity index (χ1) is 5.69. The molecule has 1 heteroatoms. The van der Waals surface area contributed by atoms with Crippen molar-refractivity contribution in [3.63, 3.8) is 0 Å². The van der Waals surface area contributed by atoms with Crippen LogP contribution in [0.15, 0.2) is 12.1 Å². The van der Waals surface area contributed by atoms with E-state index in [1.54, 1.807) is 0 Å². The Morgan fingerprint density at radius 2 is 1.67 bits per heavy atom. The summed E-state index contributed by atoms with van der Waals surface area (Å²) in [6.07, 6.45) is 2.09. The topological polar surface area (TPSA) is 26.0 Å². The standard InChI is InChI=1S/C11H17N/c1-4-9-7-11(12)10(5-2)6-8(9)3/h6-7H,4-5,12H2,1-3H3. The molecular formula is C11H17N. The molecule has 0 unspecified atom stereocenters. The predicted molar refractivity (Wildman–Crippen MR) is 54.3 cm³/mol. The lowest BCUT2D eigenvalue weighted by atomic mass is 10.0. The van der Waals surface area contributed by atoms with Gasteiger partial charge in [0.1, 0.15) is 0 Å². The number of nitrogens with two attached hydrogens (primary N) is 1. The summed E-state index contributed by atoms with van der Waals surface area (Å²) in [5.74, 6) is 0. The Morgan fingerprint density at radius 3 is 2.17 bits per heavy atom. The van der Waals surface area contributed by atoms with Crippen LogP contribution < -0.4 is 5.73 Å². The van der Waals surface area contributed by atoms with Crippen LogP contribution in [-0.4, -0.2) is 0 Å². The Morgan fingerprint density at radius 1 is 1.08 bits per heavy atom. The van der Waals surface area contributed by atoms with E-state index in [-0.39, 0.29) is 0 Å². The fourth-order valence-electron chi connectivity index (χ4n) is 1.52. The summed E-state index contributed by atoms with van der Waals surface area (Å²) in [7, 11) is 0. The second-order valence-corrected chi connectivity index (χ2v) is 3.18. The second-order valence-electron chi connectivity index (χ2n) is 3.18. The normalized spacial score (nSPS) is 10.2. The van der Waals surface area contributed by atoms with E-state index in [4.69, 9.17) is 5.73 Å². The van der Waals surface area contributed by atoms with Gasteiger partial charge in [0.15, 0.2) is 0 Å². The molecule has 0 bridgehead atoms. The van der Waals surface area contributed by atoms with Gasteiger partial charge in [-0.15, -0.1) is 0 Å². The van der Waals surface area contributed by atoms with Crippen molar-refractivity contribution in [2.75, 3.05) is 5.73 Å². The van der Waals surface area contributed by atoms with E-state index in [0.29, 0.717) is 0 Å². The smallest absolute Gasteiger partial charge is 0.0349 e. The Bertz CT molecular complexity index is 247. The Kier molecular flexibility index (Phi) is 2.74. The van der Waals surface area contributed by atoms with E-state index >= 15 is 0 Å². The molecule has 0 saturated carbocycles. The number of nitrogen functional groups attached to an aromatic ring is 1. The largest absolute Gasteiger partial charge is 0.398 e. The molecule has 0 heterocycles. The Labute approximate surface area is 74.6 Å². The van der Waals surface area contributed by atoms with Gasteiger partial charge in [0.2, 0.25) is 0 Å². The van der Waals surface area contributed by atoms with Crippen molar-refractivity contribution in [3.05, 3.63) is 28.8 Å². The zero-order valence-electron chi connectivity index (χ0n) is 8.15. The molecule has 0 aliphatic rings. The highest BCUT2D eigenvalue weighted by molar-refractivity contribution is 5.52. The summed E-state index contributed by atoms with van der Waals surface area (Å²) in [6, 6.07) is 4.31. The molecule has 1 aromatic rings. The Balaban J connectivity index is 3.16. The van der Waals surface area contributed by atoms with Gasteiger partial charge in [-0.3, -0.25) is 0 Å². The molecule has 12 heavy (non-hydrogen) atoms. The molecule has 0 fully saturated rings. The highest BCUT2D eigenvalue weighted by Crippen LogP contribution is 2.19. The summed E-state index contributed by atoms with van der Waals surface area (Å²) < 4.78 is 0.